The molecule has 1 heterocycles. The highest BCUT2D eigenvalue weighted by Crippen LogP contribution is 2.41. The third-order valence-corrected chi connectivity index (χ3v) is 7.82. The third kappa shape index (κ3) is 6.85. The van der Waals surface area contributed by atoms with E-state index in [-0.39, 0.29) is 5.91 Å². The fraction of sp³-hybridized carbons (Fsp3) is 0.484. The van der Waals surface area contributed by atoms with Crippen molar-refractivity contribution in [3.63, 3.8) is 0 Å². The van der Waals surface area contributed by atoms with Crippen LogP contribution in [0.15, 0.2) is 48.5 Å². The molecule has 2 aromatic rings. The number of piperidine rings is 1. The lowest BCUT2D eigenvalue weighted by molar-refractivity contribution is -0.131. The van der Waals surface area contributed by atoms with Crippen LogP contribution in [0.2, 0.25) is 0 Å². The van der Waals surface area contributed by atoms with Crippen molar-refractivity contribution in [1.82, 2.24) is 9.80 Å². The molecule has 2 aliphatic rings. The van der Waals surface area contributed by atoms with Crippen LogP contribution in [0.25, 0.3) is 17.2 Å². The highest BCUT2D eigenvalue weighted by molar-refractivity contribution is 5.87. The van der Waals surface area contributed by atoms with Crippen molar-refractivity contribution in [3.05, 3.63) is 65.2 Å². The Bertz CT molecular complexity index is 1070. The van der Waals surface area contributed by atoms with Crippen molar-refractivity contribution < 1.29 is 14.7 Å². The first-order chi connectivity index (χ1) is 17.4. The number of rotatable bonds is 8. The predicted molar refractivity (Wildman–Crippen MR) is 146 cm³/mol. The Balaban J connectivity index is 1.70. The van der Waals surface area contributed by atoms with E-state index < -0.39 is 5.97 Å². The van der Waals surface area contributed by atoms with Gasteiger partial charge in [-0.3, -0.25) is 4.79 Å². The van der Waals surface area contributed by atoms with Crippen molar-refractivity contribution in [2.45, 2.75) is 57.3 Å². The average molecular weight is 489 g/mol. The van der Waals surface area contributed by atoms with E-state index in [1.807, 2.05) is 24.1 Å². The standard InChI is InChI=1S/C31H40N2O3/c1-32-17-9-10-24(21-32)22-33(2)29(34)20-27-18-23(15-16-30(35)36)19-28(25-11-5-3-6-12-25)31(27)26-13-7-4-8-14-26/h4,7-8,13-16,18-19,24-25H,3,5-6,9-12,17,20-22H2,1-2H3,(H,35,36)/b16-15+. The molecule has 36 heavy (non-hydrogen) atoms. The van der Waals surface area contributed by atoms with Gasteiger partial charge in [-0.15, -0.1) is 0 Å². The minimum Gasteiger partial charge on any atom is -0.478 e. The Morgan fingerprint density at radius 1 is 1.06 bits per heavy atom. The largest absolute Gasteiger partial charge is 0.478 e. The lowest BCUT2D eigenvalue weighted by Gasteiger charge is -2.32. The van der Waals surface area contributed by atoms with Gasteiger partial charge in [-0.1, -0.05) is 61.7 Å². The number of amides is 1. The lowest BCUT2D eigenvalue weighted by Crippen LogP contribution is -2.40. The van der Waals surface area contributed by atoms with Crippen LogP contribution in [0.3, 0.4) is 0 Å². The summed E-state index contributed by atoms with van der Waals surface area (Å²) in [6, 6.07) is 14.6. The molecule has 0 aromatic heterocycles. The summed E-state index contributed by atoms with van der Waals surface area (Å²) in [6.45, 7) is 2.95. The fourth-order valence-electron chi connectivity index (χ4n) is 6.06. The number of benzene rings is 2. The molecule has 1 saturated carbocycles. The van der Waals surface area contributed by atoms with Crippen LogP contribution in [-0.4, -0.2) is 60.5 Å². The van der Waals surface area contributed by atoms with Crippen LogP contribution in [0.1, 0.15) is 67.6 Å². The molecule has 0 radical (unpaired) electrons. The number of likely N-dealkylation sites (N-methyl/N-ethyl adjacent to an activating group) is 1. The van der Waals surface area contributed by atoms with Gasteiger partial charge in [0, 0.05) is 26.2 Å². The second-order valence-corrected chi connectivity index (χ2v) is 10.7. The van der Waals surface area contributed by atoms with E-state index in [1.165, 1.54) is 43.7 Å². The first-order valence-electron chi connectivity index (χ1n) is 13.5. The van der Waals surface area contributed by atoms with Crippen LogP contribution >= 0.6 is 0 Å². The summed E-state index contributed by atoms with van der Waals surface area (Å²) in [4.78, 5) is 29.0. The summed E-state index contributed by atoms with van der Waals surface area (Å²) in [7, 11) is 4.08. The molecule has 1 saturated heterocycles. The van der Waals surface area contributed by atoms with Crippen LogP contribution in [0.4, 0.5) is 0 Å². The topological polar surface area (TPSA) is 60.9 Å². The second-order valence-electron chi connectivity index (χ2n) is 10.7. The van der Waals surface area contributed by atoms with Gasteiger partial charge < -0.3 is 14.9 Å². The van der Waals surface area contributed by atoms with Crippen molar-refractivity contribution in [2.24, 2.45) is 5.92 Å². The van der Waals surface area contributed by atoms with Crippen molar-refractivity contribution in [3.8, 4) is 11.1 Å². The zero-order valence-corrected chi connectivity index (χ0v) is 21.8. The van der Waals surface area contributed by atoms with Gasteiger partial charge in [0.2, 0.25) is 5.91 Å². The van der Waals surface area contributed by atoms with Crippen molar-refractivity contribution in [1.29, 1.82) is 0 Å². The minimum atomic E-state index is -0.962. The van der Waals surface area contributed by atoms with Gasteiger partial charge in [0.1, 0.15) is 0 Å². The van der Waals surface area contributed by atoms with Crippen LogP contribution in [-0.2, 0) is 16.0 Å². The number of nitrogens with zero attached hydrogens (tertiary/aromatic N) is 2. The van der Waals surface area contributed by atoms with Gasteiger partial charge in [0.25, 0.3) is 0 Å². The molecule has 0 spiro atoms. The molecule has 1 atom stereocenters. The van der Waals surface area contributed by atoms with Gasteiger partial charge in [0.05, 0.1) is 6.42 Å². The molecule has 2 fully saturated rings. The fourth-order valence-corrected chi connectivity index (χ4v) is 6.06. The molecule has 1 unspecified atom stereocenters. The van der Waals surface area contributed by atoms with E-state index in [9.17, 15) is 14.7 Å². The second kappa shape index (κ2) is 12.4. The Kier molecular flexibility index (Phi) is 8.98. The molecular formula is C31H40N2O3. The normalized spacial score (nSPS) is 19.4. The zero-order chi connectivity index (χ0) is 25.5. The number of aliphatic carboxylic acids is 1. The van der Waals surface area contributed by atoms with Crippen LogP contribution in [0, 0.1) is 5.92 Å². The Morgan fingerprint density at radius 2 is 1.81 bits per heavy atom. The predicted octanol–water partition coefficient (Wildman–Crippen LogP) is 5.84. The quantitative estimate of drug-likeness (QED) is 0.474. The molecule has 1 N–H and O–H groups in total. The minimum absolute atomic E-state index is 0.120. The molecule has 1 aliphatic carbocycles. The summed E-state index contributed by atoms with van der Waals surface area (Å²) >= 11 is 0. The molecule has 2 aromatic carbocycles. The van der Waals surface area contributed by atoms with Gasteiger partial charge in [0.15, 0.2) is 0 Å². The first-order valence-corrected chi connectivity index (χ1v) is 13.5. The number of carbonyl (C=O) groups excluding carboxylic acids is 1. The summed E-state index contributed by atoms with van der Waals surface area (Å²) in [6.07, 6.45) is 11.5. The van der Waals surface area contributed by atoms with E-state index in [0.29, 0.717) is 18.3 Å². The van der Waals surface area contributed by atoms with E-state index in [2.05, 4.69) is 42.3 Å². The van der Waals surface area contributed by atoms with E-state index in [4.69, 9.17) is 0 Å². The molecule has 1 amide bonds. The molecule has 192 valence electrons. The maximum Gasteiger partial charge on any atom is 0.328 e. The highest BCUT2D eigenvalue weighted by Gasteiger charge is 2.25. The zero-order valence-electron chi connectivity index (χ0n) is 21.8. The molecule has 1 aliphatic heterocycles. The smallest absolute Gasteiger partial charge is 0.328 e. The summed E-state index contributed by atoms with van der Waals surface area (Å²) < 4.78 is 0. The molecule has 4 rings (SSSR count). The third-order valence-electron chi connectivity index (χ3n) is 7.82. The van der Waals surface area contributed by atoms with Gasteiger partial charge in [-0.25, -0.2) is 4.79 Å². The van der Waals surface area contributed by atoms with E-state index >= 15 is 0 Å². The SMILES string of the molecule is CN1CCCC(CN(C)C(=O)Cc2cc(/C=C/C(=O)O)cc(C3CCCCC3)c2-c2ccccc2)C1. The maximum atomic E-state index is 13.5. The number of carboxylic acids is 1. The molecule has 0 bridgehead atoms. The summed E-state index contributed by atoms with van der Waals surface area (Å²) in [5.41, 5.74) is 5.40. The summed E-state index contributed by atoms with van der Waals surface area (Å²) in [5.74, 6) is 0.0935. The number of likely N-dealkylation sites (tertiary alicyclic amines) is 1. The monoisotopic (exact) mass is 488 g/mol. The lowest BCUT2D eigenvalue weighted by atomic mass is 9.78. The van der Waals surface area contributed by atoms with Gasteiger partial charge >= 0.3 is 5.97 Å². The van der Waals surface area contributed by atoms with E-state index in [0.717, 1.165) is 54.7 Å². The van der Waals surface area contributed by atoms with Crippen molar-refractivity contribution in [2.75, 3.05) is 33.7 Å². The van der Waals surface area contributed by atoms with Gasteiger partial charge in [-0.05, 0) is 85.0 Å². The van der Waals surface area contributed by atoms with Gasteiger partial charge in [-0.2, -0.15) is 0 Å². The maximum absolute atomic E-state index is 13.5. The number of hydrogen-bond donors (Lipinski definition) is 1. The summed E-state index contributed by atoms with van der Waals surface area (Å²) in [5, 5.41) is 9.24. The van der Waals surface area contributed by atoms with Crippen LogP contribution < -0.4 is 0 Å². The molecule has 5 heteroatoms. The number of hydrogen-bond acceptors (Lipinski definition) is 3. The average Bonchev–Trinajstić information content (AvgIpc) is 2.88. The van der Waals surface area contributed by atoms with Crippen molar-refractivity contribution >= 4 is 18.0 Å². The van der Waals surface area contributed by atoms with Crippen LogP contribution in [0.5, 0.6) is 0 Å². The molecule has 5 nitrogen and oxygen atoms in total. The highest BCUT2D eigenvalue weighted by atomic mass is 16.4. The Morgan fingerprint density at radius 3 is 2.50 bits per heavy atom. The number of carboxylic acid groups (broad SMARTS) is 1. The Hall–Kier alpha value is -2.92. The number of carbonyl (C=O) groups is 2. The Labute approximate surface area is 215 Å². The van der Waals surface area contributed by atoms with E-state index in [1.54, 1.807) is 6.08 Å². The first kappa shape index (κ1) is 26.2. The molecular weight excluding hydrogens is 448 g/mol.